The summed E-state index contributed by atoms with van der Waals surface area (Å²) in [6.45, 7) is 0.600. The minimum atomic E-state index is -1.01. The molecule has 110 valence electrons. The van der Waals surface area contributed by atoms with Crippen molar-refractivity contribution in [2.75, 3.05) is 12.8 Å². The number of nitrogens with zero attached hydrogens (tertiary/aromatic N) is 2. The lowest BCUT2D eigenvalue weighted by atomic mass is 10.3. The smallest absolute Gasteiger partial charge is 0.337 e. The molecule has 0 fully saturated rings. The number of hydrogen-bond acceptors (Lipinski definition) is 5. The zero-order chi connectivity index (χ0) is 15.2. The number of aromatic carboxylic acids is 1. The molecule has 0 aliphatic rings. The number of hydrogen-bond donors (Lipinski definition) is 1. The summed E-state index contributed by atoms with van der Waals surface area (Å²) in [4.78, 5) is 29.5. The first kappa shape index (κ1) is 15.5. The van der Waals surface area contributed by atoms with Crippen LogP contribution in [0.25, 0.3) is 0 Å². The monoisotopic (exact) mass is 322 g/mol. The average molecular weight is 322 g/mol. The Bertz CT molecular complexity index is 612. The van der Waals surface area contributed by atoms with Gasteiger partial charge in [-0.05, 0) is 23.6 Å². The van der Waals surface area contributed by atoms with Gasteiger partial charge in [-0.2, -0.15) is 0 Å². The van der Waals surface area contributed by atoms with Gasteiger partial charge in [0.05, 0.1) is 22.9 Å². The molecule has 1 amide bonds. The van der Waals surface area contributed by atoms with Crippen LogP contribution >= 0.6 is 23.1 Å². The Morgan fingerprint density at radius 3 is 2.76 bits per heavy atom. The highest BCUT2D eigenvalue weighted by Crippen LogP contribution is 2.17. The predicted molar refractivity (Wildman–Crippen MR) is 82.7 cm³/mol. The van der Waals surface area contributed by atoms with E-state index in [4.69, 9.17) is 5.11 Å². The van der Waals surface area contributed by atoms with E-state index in [0.29, 0.717) is 11.6 Å². The molecule has 0 radical (unpaired) electrons. The van der Waals surface area contributed by atoms with Gasteiger partial charge in [0.2, 0.25) is 5.91 Å². The maximum absolute atomic E-state index is 12.0. The number of carboxylic acids is 1. The van der Waals surface area contributed by atoms with Crippen LogP contribution in [0, 0.1) is 0 Å². The summed E-state index contributed by atoms with van der Waals surface area (Å²) in [5.74, 6) is -0.718. The molecule has 0 aromatic carbocycles. The van der Waals surface area contributed by atoms with Gasteiger partial charge in [-0.3, -0.25) is 4.79 Å². The van der Waals surface area contributed by atoms with E-state index in [1.54, 1.807) is 29.4 Å². The van der Waals surface area contributed by atoms with Crippen LogP contribution in [0.3, 0.4) is 0 Å². The van der Waals surface area contributed by atoms with Crippen LogP contribution in [-0.4, -0.2) is 39.7 Å². The Labute approximate surface area is 130 Å². The van der Waals surface area contributed by atoms with Gasteiger partial charge in [-0.1, -0.05) is 17.8 Å². The van der Waals surface area contributed by atoms with E-state index in [2.05, 4.69) is 4.98 Å². The lowest BCUT2D eigenvalue weighted by Crippen LogP contribution is -2.27. The summed E-state index contributed by atoms with van der Waals surface area (Å²) in [5.41, 5.74) is 0.139. The lowest BCUT2D eigenvalue weighted by Gasteiger charge is -2.15. The SMILES string of the molecule is CN(Cc1cccs1)C(=O)CSc1ccc(C(=O)O)cn1. The summed E-state index contributed by atoms with van der Waals surface area (Å²) >= 11 is 2.92. The first-order valence-corrected chi connectivity index (χ1v) is 8.01. The normalized spacial score (nSPS) is 10.3. The minimum absolute atomic E-state index is 0.0116. The highest BCUT2D eigenvalue weighted by molar-refractivity contribution is 7.99. The van der Waals surface area contributed by atoms with Crippen molar-refractivity contribution < 1.29 is 14.7 Å². The third kappa shape index (κ3) is 4.57. The van der Waals surface area contributed by atoms with Crippen molar-refractivity contribution in [2.45, 2.75) is 11.6 Å². The summed E-state index contributed by atoms with van der Waals surface area (Å²) < 4.78 is 0. The Morgan fingerprint density at radius 1 is 1.38 bits per heavy atom. The Morgan fingerprint density at radius 2 is 2.19 bits per heavy atom. The molecule has 0 bridgehead atoms. The highest BCUT2D eigenvalue weighted by atomic mass is 32.2. The summed E-state index contributed by atoms with van der Waals surface area (Å²) in [7, 11) is 1.77. The molecule has 7 heteroatoms. The molecule has 0 aliphatic heterocycles. The number of thioether (sulfide) groups is 1. The van der Waals surface area contributed by atoms with Crippen LogP contribution in [0.1, 0.15) is 15.2 Å². The van der Waals surface area contributed by atoms with Gasteiger partial charge in [0.1, 0.15) is 0 Å². The zero-order valence-electron chi connectivity index (χ0n) is 11.4. The number of aromatic nitrogens is 1. The predicted octanol–water partition coefficient (Wildman–Crippen LogP) is 2.59. The lowest BCUT2D eigenvalue weighted by molar-refractivity contribution is -0.127. The van der Waals surface area contributed by atoms with E-state index in [1.807, 2.05) is 17.5 Å². The fourth-order valence-electron chi connectivity index (χ4n) is 1.56. The molecule has 5 nitrogen and oxygen atoms in total. The van der Waals surface area contributed by atoms with Crippen LogP contribution in [-0.2, 0) is 11.3 Å². The van der Waals surface area contributed by atoms with Crippen LogP contribution in [0.2, 0.25) is 0 Å². The number of carbonyl (C=O) groups excluding carboxylic acids is 1. The van der Waals surface area contributed by atoms with Gasteiger partial charge >= 0.3 is 5.97 Å². The highest BCUT2D eigenvalue weighted by Gasteiger charge is 2.11. The van der Waals surface area contributed by atoms with E-state index in [0.717, 1.165) is 4.88 Å². The number of pyridine rings is 1. The third-order valence-electron chi connectivity index (χ3n) is 2.73. The summed E-state index contributed by atoms with van der Waals surface area (Å²) in [5, 5.41) is 11.4. The molecule has 0 unspecified atom stereocenters. The number of rotatable bonds is 6. The fourth-order valence-corrected chi connectivity index (χ4v) is 3.10. The van der Waals surface area contributed by atoms with Crippen molar-refractivity contribution in [1.82, 2.24) is 9.88 Å². The van der Waals surface area contributed by atoms with Gasteiger partial charge in [0.25, 0.3) is 0 Å². The summed E-state index contributed by atoms with van der Waals surface area (Å²) in [6, 6.07) is 7.05. The van der Waals surface area contributed by atoms with Gasteiger partial charge in [0.15, 0.2) is 0 Å². The average Bonchev–Trinajstić information content (AvgIpc) is 2.98. The van der Waals surface area contributed by atoms with E-state index >= 15 is 0 Å². The number of thiophene rings is 1. The quantitative estimate of drug-likeness (QED) is 0.828. The summed E-state index contributed by atoms with van der Waals surface area (Å²) in [6.07, 6.45) is 1.30. The standard InChI is InChI=1S/C14H14N2O3S2/c1-16(8-11-3-2-6-20-11)13(17)9-21-12-5-4-10(7-15-12)14(18)19/h2-7H,8-9H2,1H3,(H,18,19). The zero-order valence-corrected chi connectivity index (χ0v) is 13.0. The van der Waals surface area contributed by atoms with Crippen molar-refractivity contribution in [3.05, 3.63) is 46.3 Å². The van der Waals surface area contributed by atoms with Crippen molar-refractivity contribution >= 4 is 35.0 Å². The second kappa shape index (κ2) is 7.24. The van der Waals surface area contributed by atoms with Crippen molar-refractivity contribution in [1.29, 1.82) is 0 Å². The van der Waals surface area contributed by atoms with Crippen LogP contribution < -0.4 is 0 Å². The second-order valence-electron chi connectivity index (χ2n) is 4.31. The van der Waals surface area contributed by atoms with E-state index in [1.165, 1.54) is 24.0 Å². The van der Waals surface area contributed by atoms with Crippen molar-refractivity contribution in [3.8, 4) is 0 Å². The number of carboxylic acid groups (broad SMARTS) is 1. The second-order valence-corrected chi connectivity index (χ2v) is 6.34. The first-order valence-electron chi connectivity index (χ1n) is 6.15. The maximum atomic E-state index is 12.0. The van der Waals surface area contributed by atoms with Gasteiger partial charge in [-0.25, -0.2) is 9.78 Å². The van der Waals surface area contributed by atoms with Gasteiger partial charge in [-0.15, -0.1) is 11.3 Å². The molecule has 1 N–H and O–H groups in total. The number of carbonyl (C=O) groups is 2. The van der Waals surface area contributed by atoms with Crippen molar-refractivity contribution in [3.63, 3.8) is 0 Å². The fraction of sp³-hybridized carbons (Fsp3) is 0.214. The molecule has 2 rings (SSSR count). The Balaban J connectivity index is 1.84. The first-order chi connectivity index (χ1) is 10.1. The van der Waals surface area contributed by atoms with Gasteiger partial charge in [0, 0.05) is 18.1 Å². The van der Waals surface area contributed by atoms with E-state index in [9.17, 15) is 9.59 Å². The maximum Gasteiger partial charge on any atom is 0.337 e. The van der Waals surface area contributed by atoms with Gasteiger partial charge < -0.3 is 10.0 Å². The molecule has 2 aromatic rings. The van der Waals surface area contributed by atoms with E-state index < -0.39 is 5.97 Å². The molecule has 0 saturated carbocycles. The Hall–Kier alpha value is -1.86. The van der Waals surface area contributed by atoms with Crippen LogP contribution in [0.15, 0.2) is 40.9 Å². The number of amides is 1. The molecule has 0 spiro atoms. The molecule has 0 aliphatic carbocycles. The third-order valence-corrected chi connectivity index (χ3v) is 4.52. The topological polar surface area (TPSA) is 70.5 Å². The van der Waals surface area contributed by atoms with Crippen molar-refractivity contribution in [2.24, 2.45) is 0 Å². The minimum Gasteiger partial charge on any atom is -0.478 e. The molecule has 2 heterocycles. The van der Waals surface area contributed by atoms with Crippen LogP contribution in [0.5, 0.6) is 0 Å². The largest absolute Gasteiger partial charge is 0.478 e. The molecular formula is C14H14N2O3S2. The molecule has 21 heavy (non-hydrogen) atoms. The van der Waals surface area contributed by atoms with E-state index in [-0.39, 0.29) is 17.2 Å². The molecular weight excluding hydrogens is 308 g/mol. The van der Waals surface area contributed by atoms with Crippen LogP contribution in [0.4, 0.5) is 0 Å². The molecule has 0 atom stereocenters. The molecule has 2 aromatic heterocycles. The Kier molecular flexibility index (Phi) is 5.35. The molecule has 0 saturated heterocycles.